The van der Waals surface area contributed by atoms with Gasteiger partial charge in [0, 0.05) is 5.56 Å². The van der Waals surface area contributed by atoms with E-state index in [1.807, 2.05) is 0 Å². The minimum atomic E-state index is -4.89. The molecule has 8 heteroatoms. The summed E-state index contributed by atoms with van der Waals surface area (Å²) in [4.78, 5) is 2.84. The van der Waals surface area contributed by atoms with E-state index >= 15 is 0 Å². The molecule has 0 N–H and O–H groups in total. The third-order valence-electron chi connectivity index (χ3n) is 1.64. The van der Waals surface area contributed by atoms with Crippen molar-refractivity contribution in [1.29, 1.82) is 5.26 Å². The summed E-state index contributed by atoms with van der Waals surface area (Å²) in [6.45, 7) is 0. The Balaban J connectivity index is 3.48. The fourth-order valence-electron chi connectivity index (χ4n) is 0.960. The molecule has 0 fully saturated rings. The third kappa shape index (κ3) is 2.39. The number of aromatic nitrogens is 1. The predicted octanol–water partition coefficient (Wildman–Crippen LogP) is 3.56. The Morgan fingerprint density at radius 2 is 1.94 bits per heavy atom. The molecule has 86 valence electrons. The summed E-state index contributed by atoms with van der Waals surface area (Å²) in [7, 11) is 0. The van der Waals surface area contributed by atoms with Gasteiger partial charge in [0.1, 0.15) is 16.9 Å². The van der Waals surface area contributed by atoms with Crippen LogP contribution < -0.4 is 0 Å². The van der Waals surface area contributed by atoms with Crippen LogP contribution in [-0.4, -0.2) is 4.98 Å². The van der Waals surface area contributed by atoms with Gasteiger partial charge in [-0.25, -0.2) is 13.8 Å². The Hall–Kier alpha value is -1.42. The van der Waals surface area contributed by atoms with Crippen LogP contribution in [0.25, 0.3) is 0 Å². The molecule has 0 spiro atoms. The molecule has 1 aromatic heterocycles. The normalized spacial score (nSPS) is 11.6. The molecule has 0 aliphatic heterocycles. The summed E-state index contributed by atoms with van der Waals surface area (Å²) in [5, 5.41) is 7.57. The molecule has 0 aromatic carbocycles. The number of hydrogen-bond donors (Lipinski definition) is 0. The number of alkyl halides is 5. The monoisotopic (exact) mass is 256 g/mol. The van der Waals surface area contributed by atoms with Crippen molar-refractivity contribution >= 4 is 11.6 Å². The van der Waals surface area contributed by atoms with Gasteiger partial charge in [0.05, 0.1) is 5.56 Å². The van der Waals surface area contributed by atoms with Crippen molar-refractivity contribution < 1.29 is 22.0 Å². The first-order valence-electron chi connectivity index (χ1n) is 3.73. The molecule has 16 heavy (non-hydrogen) atoms. The number of nitriles is 1. The van der Waals surface area contributed by atoms with Gasteiger partial charge in [0.25, 0.3) is 6.43 Å². The van der Waals surface area contributed by atoms with E-state index in [9.17, 15) is 22.0 Å². The van der Waals surface area contributed by atoms with Gasteiger partial charge in [-0.05, 0) is 6.07 Å². The SMILES string of the molecule is N#Cc1c(C(F)F)cc(C(F)(F)F)nc1Cl. The van der Waals surface area contributed by atoms with Gasteiger partial charge in [-0.3, -0.25) is 0 Å². The van der Waals surface area contributed by atoms with Gasteiger partial charge in [-0.2, -0.15) is 18.4 Å². The van der Waals surface area contributed by atoms with Crippen LogP contribution in [0.5, 0.6) is 0 Å². The fourth-order valence-corrected chi connectivity index (χ4v) is 1.20. The highest BCUT2D eigenvalue weighted by Gasteiger charge is 2.35. The molecule has 0 aliphatic carbocycles. The summed E-state index contributed by atoms with van der Waals surface area (Å²) in [6.07, 6.45) is -8.11. The van der Waals surface area contributed by atoms with E-state index in [-0.39, 0.29) is 6.07 Å². The summed E-state index contributed by atoms with van der Waals surface area (Å²) in [6, 6.07) is 1.40. The zero-order chi connectivity index (χ0) is 12.5. The van der Waals surface area contributed by atoms with Crippen molar-refractivity contribution in [1.82, 2.24) is 4.98 Å². The average molecular weight is 257 g/mol. The quantitative estimate of drug-likeness (QED) is 0.569. The molecule has 2 nitrogen and oxygen atoms in total. The molecular formula is C8H2ClF5N2. The molecule has 0 amide bonds. The predicted molar refractivity (Wildman–Crippen MR) is 43.9 cm³/mol. The first-order valence-corrected chi connectivity index (χ1v) is 4.11. The van der Waals surface area contributed by atoms with Crippen molar-refractivity contribution in [3.05, 3.63) is 28.0 Å². The zero-order valence-electron chi connectivity index (χ0n) is 7.32. The van der Waals surface area contributed by atoms with Crippen LogP contribution in [0.3, 0.4) is 0 Å². The second-order valence-electron chi connectivity index (χ2n) is 2.67. The number of pyridine rings is 1. The van der Waals surface area contributed by atoms with E-state index in [1.165, 1.54) is 6.07 Å². The fraction of sp³-hybridized carbons (Fsp3) is 0.250. The maximum Gasteiger partial charge on any atom is 0.433 e. The summed E-state index contributed by atoms with van der Waals surface area (Å²) >= 11 is 5.22. The second-order valence-corrected chi connectivity index (χ2v) is 3.03. The first-order chi connectivity index (χ1) is 7.27. The van der Waals surface area contributed by atoms with Gasteiger partial charge < -0.3 is 0 Å². The van der Waals surface area contributed by atoms with Crippen LogP contribution in [0.15, 0.2) is 6.07 Å². The lowest BCUT2D eigenvalue weighted by molar-refractivity contribution is -0.141. The minimum Gasteiger partial charge on any atom is -0.230 e. The largest absolute Gasteiger partial charge is 0.433 e. The minimum absolute atomic E-state index is 0.120. The zero-order valence-corrected chi connectivity index (χ0v) is 8.07. The number of hydrogen-bond acceptors (Lipinski definition) is 2. The maximum absolute atomic E-state index is 12.4. The Kier molecular flexibility index (Phi) is 3.33. The highest BCUT2D eigenvalue weighted by atomic mass is 35.5. The molecule has 0 unspecified atom stereocenters. The van der Waals surface area contributed by atoms with Crippen LogP contribution in [0.1, 0.15) is 23.2 Å². The Labute approximate surface area is 91.3 Å². The van der Waals surface area contributed by atoms with E-state index in [1.54, 1.807) is 0 Å². The lowest BCUT2D eigenvalue weighted by atomic mass is 10.1. The number of nitrogens with zero attached hydrogens (tertiary/aromatic N) is 2. The highest BCUT2D eigenvalue weighted by molar-refractivity contribution is 6.30. The number of rotatable bonds is 1. The van der Waals surface area contributed by atoms with Crippen LogP contribution in [0.2, 0.25) is 5.15 Å². The third-order valence-corrected chi connectivity index (χ3v) is 1.92. The standard InChI is InChI=1S/C8H2ClF5N2/c9-6-4(2-15)3(7(10)11)1-5(16-6)8(12,13)14/h1,7H. The summed E-state index contributed by atoms with van der Waals surface area (Å²) in [5.74, 6) is 0. The van der Waals surface area contributed by atoms with Crippen LogP contribution >= 0.6 is 11.6 Å². The lowest BCUT2D eigenvalue weighted by Crippen LogP contribution is -2.10. The summed E-state index contributed by atoms with van der Waals surface area (Å²) < 4.78 is 61.3. The molecule has 1 heterocycles. The van der Waals surface area contributed by atoms with Crippen molar-refractivity contribution in [2.75, 3.05) is 0 Å². The topological polar surface area (TPSA) is 36.7 Å². The lowest BCUT2D eigenvalue weighted by Gasteiger charge is -2.10. The van der Waals surface area contributed by atoms with Crippen LogP contribution in [0, 0.1) is 11.3 Å². The van der Waals surface area contributed by atoms with Crippen molar-refractivity contribution in [3.8, 4) is 6.07 Å². The molecule has 0 radical (unpaired) electrons. The van der Waals surface area contributed by atoms with Gasteiger partial charge in [-0.1, -0.05) is 11.6 Å². The smallest absolute Gasteiger partial charge is 0.230 e. The van der Waals surface area contributed by atoms with E-state index in [0.717, 1.165) is 0 Å². The van der Waals surface area contributed by atoms with Gasteiger partial charge in [-0.15, -0.1) is 0 Å². The molecule has 0 saturated carbocycles. The Morgan fingerprint density at radius 3 is 2.31 bits per heavy atom. The van der Waals surface area contributed by atoms with E-state index in [0.29, 0.717) is 0 Å². The molecule has 0 saturated heterocycles. The Bertz CT molecular complexity index is 449. The van der Waals surface area contributed by atoms with Crippen LogP contribution in [0.4, 0.5) is 22.0 Å². The van der Waals surface area contributed by atoms with Gasteiger partial charge >= 0.3 is 6.18 Å². The van der Waals surface area contributed by atoms with Crippen LogP contribution in [-0.2, 0) is 6.18 Å². The van der Waals surface area contributed by atoms with Gasteiger partial charge in [0.2, 0.25) is 0 Å². The summed E-state index contributed by atoms with van der Waals surface area (Å²) in [5.41, 5.74) is -3.37. The second kappa shape index (κ2) is 4.22. The molecule has 0 atom stereocenters. The molecule has 1 rings (SSSR count). The van der Waals surface area contributed by atoms with Crippen molar-refractivity contribution in [2.24, 2.45) is 0 Å². The molecular weight excluding hydrogens is 255 g/mol. The molecule has 1 aromatic rings. The molecule has 0 aliphatic rings. The maximum atomic E-state index is 12.4. The first kappa shape index (κ1) is 12.6. The van der Waals surface area contributed by atoms with E-state index < -0.39 is 34.6 Å². The van der Waals surface area contributed by atoms with Gasteiger partial charge in [0.15, 0.2) is 0 Å². The van der Waals surface area contributed by atoms with Crippen molar-refractivity contribution in [3.63, 3.8) is 0 Å². The number of halogens is 6. The highest BCUT2D eigenvalue weighted by Crippen LogP contribution is 2.34. The van der Waals surface area contributed by atoms with E-state index in [4.69, 9.17) is 16.9 Å². The van der Waals surface area contributed by atoms with E-state index in [2.05, 4.69) is 4.98 Å². The van der Waals surface area contributed by atoms with Crippen molar-refractivity contribution in [2.45, 2.75) is 12.6 Å². The Morgan fingerprint density at radius 1 is 1.38 bits per heavy atom. The molecule has 0 bridgehead atoms. The average Bonchev–Trinajstić information content (AvgIpc) is 2.14.